The number of hydrogen-bond acceptors (Lipinski definition) is 6. The van der Waals surface area contributed by atoms with E-state index in [1.807, 2.05) is 56.3 Å². The minimum atomic E-state index is -3.53. The molecule has 1 atom stereocenters. The van der Waals surface area contributed by atoms with Crippen LogP contribution >= 0.6 is 0 Å². The Balaban J connectivity index is 1.48. The molecule has 0 bridgehead atoms. The number of piperazine rings is 1. The van der Waals surface area contributed by atoms with Crippen LogP contribution in [-0.2, 0) is 10.0 Å². The van der Waals surface area contributed by atoms with Crippen molar-refractivity contribution in [3.63, 3.8) is 0 Å². The lowest BCUT2D eigenvalue weighted by molar-refractivity contribution is 0.305. The molecule has 2 heterocycles. The molecule has 1 aliphatic rings. The molecule has 3 aromatic rings. The van der Waals surface area contributed by atoms with Crippen molar-refractivity contribution in [1.29, 1.82) is 0 Å². The molecule has 4 rings (SSSR count). The van der Waals surface area contributed by atoms with Crippen LogP contribution < -0.4 is 9.64 Å². The van der Waals surface area contributed by atoms with Gasteiger partial charge >= 0.3 is 0 Å². The average Bonchev–Trinajstić information content (AvgIpc) is 2.75. The van der Waals surface area contributed by atoms with E-state index in [4.69, 9.17) is 4.74 Å². The van der Waals surface area contributed by atoms with Gasteiger partial charge in [0.25, 0.3) is 0 Å². The molecule has 0 radical (unpaired) electrons. The number of ether oxygens (including phenoxy) is 1. The SMILES string of the molecule is Cc1ccc(S(=O)(=O)N2CCN(c3cc(Oc4ccccc4)ncn3)CC2C)cc1. The second-order valence-corrected chi connectivity index (χ2v) is 9.24. The minimum Gasteiger partial charge on any atom is -0.439 e. The second kappa shape index (κ2) is 8.41. The normalized spacial score (nSPS) is 17.7. The Hall–Kier alpha value is -2.97. The van der Waals surface area contributed by atoms with E-state index in [0.29, 0.717) is 36.2 Å². The highest BCUT2D eigenvalue weighted by Gasteiger charge is 2.34. The van der Waals surface area contributed by atoms with Crippen LogP contribution in [0.25, 0.3) is 0 Å². The first kappa shape index (κ1) is 20.3. The van der Waals surface area contributed by atoms with Gasteiger partial charge in [-0.3, -0.25) is 0 Å². The largest absolute Gasteiger partial charge is 0.439 e. The third kappa shape index (κ3) is 4.29. The van der Waals surface area contributed by atoms with Crippen LogP contribution in [0.15, 0.2) is 71.9 Å². The number of benzene rings is 2. The Bertz CT molecular complexity index is 1100. The van der Waals surface area contributed by atoms with Crippen molar-refractivity contribution >= 4 is 15.8 Å². The monoisotopic (exact) mass is 424 g/mol. The Morgan fingerprint density at radius 1 is 1.00 bits per heavy atom. The molecule has 156 valence electrons. The molecule has 0 amide bonds. The molecule has 7 nitrogen and oxygen atoms in total. The fourth-order valence-corrected chi connectivity index (χ4v) is 5.13. The number of sulfonamides is 1. The fourth-order valence-electron chi connectivity index (χ4n) is 3.52. The van der Waals surface area contributed by atoms with Gasteiger partial charge in [0.15, 0.2) is 0 Å². The summed E-state index contributed by atoms with van der Waals surface area (Å²) in [5.41, 5.74) is 1.03. The molecule has 0 spiro atoms. The van der Waals surface area contributed by atoms with Crippen LogP contribution in [0.2, 0.25) is 0 Å². The number of para-hydroxylation sites is 1. The standard InChI is InChI=1S/C22H24N4O3S/c1-17-8-10-20(11-9-17)30(27,28)26-13-12-25(15-18(26)2)21-14-22(24-16-23-21)29-19-6-4-3-5-7-19/h3-11,14,16,18H,12-13,15H2,1-2H3. The lowest BCUT2D eigenvalue weighted by atomic mass is 10.2. The predicted molar refractivity (Wildman–Crippen MR) is 115 cm³/mol. The summed E-state index contributed by atoms with van der Waals surface area (Å²) < 4.78 is 33.5. The fraction of sp³-hybridized carbons (Fsp3) is 0.273. The highest BCUT2D eigenvalue weighted by molar-refractivity contribution is 7.89. The molecule has 1 aliphatic heterocycles. The van der Waals surface area contributed by atoms with Gasteiger partial charge in [0.05, 0.1) is 4.90 Å². The number of aryl methyl sites for hydroxylation is 1. The zero-order valence-electron chi connectivity index (χ0n) is 17.0. The van der Waals surface area contributed by atoms with Crippen molar-refractivity contribution in [2.24, 2.45) is 0 Å². The van der Waals surface area contributed by atoms with Gasteiger partial charge in [0.1, 0.15) is 17.9 Å². The average molecular weight is 425 g/mol. The van der Waals surface area contributed by atoms with E-state index in [1.54, 1.807) is 22.5 Å². The van der Waals surface area contributed by atoms with E-state index in [-0.39, 0.29) is 6.04 Å². The molecular weight excluding hydrogens is 400 g/mol. The molecule has 30 heavy (non-hydrogen) atoms. The maximum absolute atomic E-state index is 13.1. The Kier molecular flexibility index (Phi) is 5.69. The third-order valence-corrected chi connectivity index (χ3v) is 7.14. The van der Waals surface area contributed by atoms with E-state index in [1.165, 1.54) is 6.33 Å². The molecular formula is C22H24N4O3S. The zero-order chi connectivity index (χ0) is 21.1. The summed E-state index contributed by atoms with van der Waals surface area (Å²) >= 11 is 0. The number of anilines is 1. The van der Waals surface area contributed by atoms with Gasteiger partial charge in [0, 0.05) is 31.7 Å². The number of nitrogens with zero attached hydrogens (tertiary/aromatic N) is 4. The minimum absolute atomic E-state index is 0.196. The van der Waals surface area contributed by atoms with E-state index >= 15 is 0 Å². The van der Waals surface area contributed by atoms with Crippen molar-refractivity contribution in [2.75, 3.05) is 24.5 Å². The van der Waals surface area contributed by atoms with Crippen molar-refractivity contribution in [3.8, 4) is 11.6 Å². The topological polar surface area (TPSA) is 75.6 Å². The van der Waals surface area contributed by atoms with Crippen LogP contribution in [0.3, 0.4) is 0 Å². The van der Waals surface area contributed by atoms with Crippen LogP contribution in [0.1, 0.15) is 12.5 Å². The van der Waals surface area contributed by atoms with Crippen LogP contribution in [0.4, 0.5) is 5.82 Å². The highest BCUT2D eigenvalue weighted by Crippen LogP contribution is 2.26. The summed E-state index contributed by atoms with van der Waals surface area (Å²) in [5, 5.41) is 0. The number of aromatic nitrogens is 2. The molecule has 1 unspecified atom stereocenters. The van der Waals surface area contributed by atoms with Crippen molar-refractivity contribution in [2.45, 2.75) is 24.8 Å². The van der Waals surface area contributed by atoms with Crippen LogP contribution in [-0.4, -0.2) is 48.4 Å². The first-order valence-corrected chi connectivity index (χ1v) is 11.3. The molecule has 1 aromatic heterocycles. The third-order valence-electron chi connectivity index (χ3n) is 5.11. The van der Waals surface area contributed by atoms with Gasteiger partial charge in [-0.2, -0.15) is 4.31 Å². The van der Waals surface area contributed by atoms with E-state index < -0.39 is 10.0 Å². The molecule has 1 fully saturated rings. The van der Waals surface area contributed by atoms with Gasteiger partial charge in [-0.25, -0.2) is 18.4 Å². The van der Waals surface area contributed by atoms with Gasteiger partial charge in [-0.15, -0.1) is 0 Å². The lowest BCUT2D eigenvalue weighted by Crippen LogP contribution is -2.54. The molecule has 1 saturated heterocycles. The molecule has 2 aromatic carbocycles. The summed E-state index contributed by atoms with van der Waals surface area (Å²) in [6.45, 7) is 5.32. The van der Waals surface area contributed by atoms with E-state index in [2.05, 4.69) is 14.9 Å². The predicted octanol–water partition coefficient (Wildman–Crippen LogP) is 3.48. The van der Waals surface area contributed by atoms with Crippen molar-refractivity contribution < 1.29 is 13.2 Å². The summed E-state index contributed by atoms with van der Waals surface area (Å²) in [6.07, 6.45) is 1.47. The first-order chi connectivity index (χ1) is 14.4. The second-order valence-electron chi connectivity index (χ2n) is 7.35. The number of rotatable bonds is 5. The first-order valence-electron chi connectivity index (χ1n) is 9.82. The van der Waals surface area contributed by atoms with Crippen LogP contribution in [0, 0.1) is 6.92 Å². The van der Waals surface area contributed by atoms with E-state index in [0.717, 1.165) is 11.4 Å². The van der Waals surface area contributed by atoms with Gasteiger partial charge in [-0.1, -0.05) is 35.9 Å². The van der Waals surface area contributed by atoms with Gasteiger partial charge < -0.3 is 9.64 Å². The van der Waals surface area contributed by atoms with Gasteiger partial charge in [0.2, 0.25) is 15.9 Å². The Labute approximate surface area is 177 Å². The van der Waals surface area contributed by atoms with Crippen molar-refractivity contribution in [3.05, 3.63) is 72.6 Å². The van der Waals surface area contributed by atoms with Gasteiger partial charge in [-0.05, 0) is 38.1 Å². The molecule has 0 N–H and O–H groups in total. The zero-order valence-corrected chi connectivity index (χ0v) is 17.8. The van der Waals surface area contributed by atoms with E-state index in [9.17, 15) is 8.42 Å². The van der Waals surface area contributed by atoms with Crippen LogP contribution in [0.5, 0.6) is 11.6 Å². The summed E-state index contributed by atoms with van der Waals surface area (Å²) in [5.74, 6) is 1.87. The Morgan fingerprint density at radius 2 is 1.73 bits per heavy atom. The van der Waals surface area contributed by atoms with Crippen molar-refractivity contribution in [1.82, 2.24) is 14.3 Å². The molecule has 0 aliphatic carbocycles. The summed E-state index contributed by atoms with van der Waals surface area (Å²) in [4.78, 5) is 10.9. The maximum atomic E-state index is 13.1. The molecule has 0 saturated carbocycles. The maximum Gasteiger partial charge on any atom is 0.243 e. The summed E-state index contributed by atoms with van der Waals surface area (Å²) in [6, 6.07) is 18.0. The smallest absolute Gasteiger partial charge is 0.243 e. The Morgan fingerprint density at radius 3 is 2.43 bits per heavy atom. The quantitative estimate of drug-likeness (QED) is 0.624. The summed E-state index contributed by atoms with van der Waals surface area (Å²) in [7, 11) is -3.53. The number of hydrogen-bond donors (Lipinski definition) is 0. The molecule has 8 heteroatoms. The lowest BCUT2D eigenvalue weighted by Gasteiger charge is -2.39. The highest BCUT2D eigenvalue weighted by atomic mass is 32.2.